The van der Waals surface area contributed by atoms with Crippen LogP contribution in [0.4, 0.5) is 17.1 Å². The number of allylic oxidation sites excluding steroid dienone is 4. The molecule has 56 heavy (non-hydrogen) atoms. The molecule has 8 aromatic carbocycles. The molecule has 0 saturated carbocycles. The van der Waals surface area contributed by atoms with Crippen LogP contribution in [0.5, 0.6) is 0 Å². The van der Waals surface area contributed by atoms with Crippen LogP contribution >= 0.6 is 0 Å². The molecule has 266 valence electrons. The molecule has 0 radical (unpaired) electrons. The third-order valence-electron chi connectivity index (χ3n) is 10.8. The van der Waals surface area contributed by atoms with Crippen LogP contribution in [-0.4, -0.2) is 4.98 Å². The zero-order valence-corrected chi connectivity index (χ0v) is 30.8. The molecule has 0 bridgehead atoms. The summed E-state index contributed by atoms with van der Waals surface area (Å²) in [6.45, 7) is 0. The number of hydrogen-bond acceptors (Lipinski definition) is 3. The number of oxazole rings is 1. The van der Waals surface area contributed by atoms with Gasteiger partial charge in [0, 0.05) is 33.8 Å². The number of nitrogens with zero attached hydrogens (tertiary/aromatic N) is 2. The van der Waals surface area contributed by atoms with E-state index in [0.717, 1.165) is 50.9 Å². The van der Waals surface area contributed by atoms with Gasteiger partial charge in [-0.2, -0.15) is 0 Å². The van der Waals surface area contributed by atoms with Gasteiger partial charge in [-0.15, -0.1) is 0 Å². The second-order valence-corrected chi connectivity index (χ2v) is 14.3. The van der Waals surface area contributed by atoms with Gasteiger partial charge >= 0.3 is 0 Å². The molecule has 0 spiro atoms. The fraction of sp³-hybridized carbons (Fsp3) is 0.0377. The summed E-state index contributed by atoms with van der Waals surface area (Å²) in [7, 11) is 0. The van der Waals surface area contributed by atoms with Crippen LogP contribution in [0.25, 0.3) is 66.7 Å². The molecule has 0 saturated heterocycles. The second-order valence-electron chi connectivity index (χ2n) is 14.3. The predicted molar refractivity (Wildman–Crippen MR) is 234 cm³/mol. The fourth-order valence-electron chi connectivity index (χ4n) is 8.05. The lowest BCUT2D eigenvalue weighted by Crippen LogP contribution is -2.12. The van der Waals surface area contributed by atoms with E-state index in [2.05, 4.69) is 181 Å². The molecule has 0 amide bonds. The highest BCUT2D eigenvalue weighted by molar-refractivity contribution is 6.05. The van der Waals surface area contributed by atoms with Crippen molar-refractivity contribution >= 4 is 38.9 Å². The van der Waals surface area contributed by atoms with Crippen molar-refractivity contribution in [3.8, 4) is 44.8 Å². The summed E-state index contributed by atoms with van der Waals surface area (Å²) in [6.07, 6.45) is 9.88. The van der Waals surface area contributed by atoms with Crippen molar-refractivity contribution in [1.29, 1.82) is 0 Å². The standard InChI is InChI=1S/C53H38N2O/c1-6-16-37(17-7-1)41-27-32-50(49(35-41)39-20-10-3-11-21-39)55(44-24-14-5-15-25-44)45-29-31-46(38-18-8-2-9-19-38)48(36-45)43-26-30-47-42(34-43)28-33-51-52(47)54-53(56-51)40-22-12-4-13-23-40/h1-18,20-36,38H,19H2. The van der Waals surface area contributed by atoms with Crippen LogP contribution in [0.15, 0.2) is 217 Å². The number of rotatable bonds is 8. The predicted octanol–water partition coefficient (Wildman–Crippen LogP) is 14.7. The normalized spacial score (nSPS) is 13.7. The second kappa shape index (κ2) is 14.5. The SMILES string of the molecule is C1=CCC(c2ccc(N(c3ccccc3)c3ccc(-c4ccccc4)cc3-c3ccccc3)cc2-c2ccc3c(ccc4oc(-c5ccccc5)nc43)c2)C=C1. The van der Waals surface area contributed by atoms with E-state index >= 15 is 0 Å². The summed E-state index contributed by atoms with van der Waals surface area (Å²) < 4.78 is 6.25. The third kappa shape index (κ3) is 6.29. The van der Waals surface area contributed by atoms with Crippen molar-refractivity contribution in [2.75, 3.05) is 4.90 Å². The monoisotopic (exact) mass is 718 g/mol. The summed E-state index contributed by atoms with van der Waals surface area (Å²) in [5.74, 6) is 0.901. The zero-order chi connectivity index (χ0) is 37.3. The number of fused-ring (bicyclic) bond motifs is 3. The Morgan fingerprint density at radius 1 is 0.500 bits per heavy atom. The van der Waals surface area contributed by atoms with Gasteiger partial charge in [0.25, 0.3) is 0 Å². The van der Waals surface area contributed by atoms with Gasteiger partial charge in [-0.1, -0.05) is 152 Å². The van der Waals surface area contributed by atoms with Crippen LogP contribution < -0.4 is 4.90 Å². The van der Waals surface area contributed by atoms with E-state index in [1.807, 2.05) is 36.4 Å². The average Bonchev–Trinajstić information content (AvgIpc) is 3.73. The first-order valence-corrected chi connectivity index (χ1v) is 19.2. The van der Waals surface area contributed by atoms with Gasteiger partial charge in [0.1, 0.15) is 5.52 Å². The molecule has 0 aliphatic heterocycles. The number of anilines is 3. The van der Waals surface area contributed by atoms with Crippen molar-refractivity contribution in [3.63, 3.8) is 0 Å². The maximum absolute atomic E-state index is 6.25. The molecule has 9 aromatic rings. The average molecular weight is 719 g/mol. The van der Waals surface area contributed by atoms with Crippen molar-refractivity contribution in [2.45, 2.75) is 12.3 Å². The lowest BCUT2D eigenvalue weighted by atomic mass is 9.85. The molecule has 1 aromatic heterocycles. The van der Waals surface area contributed by atoms with Crippen LogP contribution in [0.2, 0.25) is 0 Å². The minimum atomic E-state index is 0.265. The van der Waals surface area contributed by atoms with Crippen LogP contribution in [0.3, 0.4) is 0 Å². The molecule has 0 fully saturated rings. The van der Waals surface area contributed by atoms with Crippen LogP contribution in [0, 0.1) is 0 Å². The van der Waals surface area contributed by atoms with Crippen molar-refractivity contribution in [1.82, 2.24) is 4.98 Å². The molecular weight excluding hydrogens is 681 g/mol. The summed E-state index contributed by atoms with van der Waals surface area (Å²) in [6, 6.07) is 67.1. The van der Waals surface area contributed by atoms with Crippen LogP contribution in [0.1, 0.15) is 17.9 Å². The molecule has 1 heterocycles. The molecule has 3 heteroatoms. The number of benzene rings is 8. The van der Waals surface area contributed by atoms with Crippen molar-refractivity contribution < 1.29 is 4.42 Å². The Hall–Kier alpha value is -7.23. The van der Waals surface area contributed by atoms with Gasteiger partial charge in [-0.05, 0) is 106 Å². The van der Waals surface area contributed by atoms with Gasteiger partial charge < -0.3 is 9.32 Å². The summed E-state index contributed by atoms with van der Waals surface area (Å²) in [5, 5.41) is 2.20. The first-order chi connectivity index (χ1) is 27.8. The Bertz CT molecular complexity index is 2870. The van der Waals surface area contributed by atoms with Crippen molar-refractivity contribution in [3.05, 3.63) is 218 Å². The van der Waals surface area contributed by atoms with Crippen molar-refractivity contribution in [2.24, 2.45) is 0 Å². The quantitative estimate of drug-likeness (QED) is 0.157. The van der Waals surface area contributed by atoms with E-state index in [1.54, 1.807) is 0 Å². The Kier molecular flexibility index (Phi) is 8.66. The van der Waals surface area contributed by atoms with Gasteiger partial charge in [0.05, 0.1) is 5.69 Å². The van der Waals surface area contributed by atoms with Gasteiger partial charge in [-0.25, -0.2) is 4.98 Å². The van der Waals surface area contributed by atoms with Gasteiger partial charge in [-0.3, -0.25) is 0 Å². The van der Waals surface area contributed by atoms with E-state index in [1.165, 1.54) is 38.9 Å². The first-order valence-electron chi connectivity index (χ1n) is 19.2. The molecule has 3 nitrogen and oxygen atoms in total. The van der Waals surface area contributed by atoms with E-state index in [0.29, 0.717) is 5.89 Å². The lowest BCUT2D eigenvalue weighted by Gasteiger charge is -2.30. The van der Waals surface area contributed by atoms with Crippen LogP contribution in [-0.2, 0) is 0 Å². The summed E-state index contributed by atoms with van der Waals surface area (Å²) >= 11 is 0. The molecule has 0 N–H and O–H groups in total. The fourth-order valence-corrected chi connectivity index (χ4v) is 8.05. The largest absolute Gasteiger partial charge is 0.436 e. The topological polar surface area (TPSA) is 29.3 Å². The van der Waals surface area contributed by atoms with E-state index < -0.39 is 0 Å². The molecular formula is C53H38N2O. The molecule has 10 rings (SSSR count). The van der Waals surface area contributed by atoms with E-state index in [9.17, 15) is 0 Å². The molecule has 1 aliphatic carbocycles. The highest BCUT2D eigenvalue weighted by atomic mass is 16.3. The zero-order valence-electron chi connectivity index (χ0n) is 30.8. The highest BCUT2D eigenvalue weighted by Gasteiger charge is 2.22. The Morgan fingerprint density at radius 3 is 1.93 bits per heavy atom. The Labute approximate surface area is 327 Å². The van der Waals surface area contributed by atoms with E-state index in [-0.39, 0.29) is 5.92 Å². The summed E-state index contributed by atoms with van der Waals surface area (Å²) in [4.78, 5) is 7.39. The number of aromatic nitrogens is 1. The maximum Gasteiger partial charge on any atom is 0.227 e. The smallest absolute Gasteiger partial charge is 0.227 e. The molecule has 1 aliphatic rings. The highest BCUT2D eigenvalue weighted by Crippen LogP contribution is 2.45. The number of para-hydroxylation sites is 1. The maximum atomic E-state index is 6.25. The minimum absolute atomic E-state index is 0.265. The Balaban J connectivity index is 1.15. The molecule has 1 atom stereocenters. The van der Waals surface area contributed by atoms with Gasteiger partial charge in [0.15, 0.2) is 5.58 Å². The van der Waals surface area contributed by atoms with Gasteiger partial charge in [0.2, 0.25) is 5.89 Å². The lowest BCUT2D eigenvalue weighted by molar-refractivity contribution is 0.620. The summed E-state index contributed by atoms with van der Waals surface area (Å²) in [5.41, 5.74) is 14.3. The number of hydrogen-bond donors (Lipinski definition) is 0. The van der Waals surface area contributed by atoms with E-state index in [4.69, 9.17) is 9.40 Å². The first kappa shape index (κ1) is 33.3. The Morgan fingerprint density at radius 2 is 1.20 bits per heavy atom. The third-order valence-corrected chi connectivity index (χ3v) is 10.8. The minimum Gasteiger partial charge on any atom is -0.436 e. The molecule has 1 unspecified atom stereocenters.